The monoisotopic (exact) mass is 363 g/mol. The highest BCUT2D eigenvalue weighted by molar-refractivity contribution is 7.18. The topological polar surface area (TPSA) is 73.2 Å². The second-order valence-electron chi connectivity index (χ2n) is 7.81. The number of carbonyl (C=O) groups excluding carboxylic acids is 1. The van der Waals surface area contributed by atoms with E-state index in [0.29, 0.717) is 24.2 Å². The molecule has 7 heteroatoms. The van der Waals surface area contributed by atoms with Crippen molar-refractivity contribution in [3.63, 3.8) is 0 Å². The van der Waals surface area contributed by atoms with Crippen molar-refractivity contribution in [1.29, 1.82) is 0 Å². The first-order chi connectivity index (χ1) is 11.6. The second kappa shape index (κ2) is 6.21. The molecule has 0 fully saturated rings. The number of hydrogen-bond acceptors (Lipinski definition) is 5. The lowest BCUT2D eigenvalue weighted by Crippen LogP contribution is -2.39. The molecule has 0 spiro atoms. The average Bonchev–Trinajstić information content (AvgIpc) is 2.85. The van der Waals surface area contributed by atoms with Crippen LogP contribution in [0.3, 0.4) is 0 Å². The van der Waals surface area contributed by atoms with Crippen LogP contribution >= 0.6 is 11.3 Å². The van der Waals surface area contributed by atoms with Crippen LogP contribution in [0.25, 0.3) is 10.2 Å². The Morgan fingerprint density at radius 2 is 2.00 bits per heavy atom. The van der Waals surface area contributed by atoms with E-state index in [4.69, 9.17) is 9.72 Å². The largest absolute Gasteiger partial charge is 0.370 e. The molecule has 0 unspecified atom stereocenters. The van der Waals surface area contributed by atoms with Gasteiger partial charge in [0, 0.05) is 23.1 Å². The first-order valence-electron chi connectivity index (χ1n) is 8.62. The summed E-state index contributed by atoms with van der Waals surface area (Å²) in [5.74, 6) is 0.172. The van der Waals surface area contributed by atoms with E-state index in [1.165, 1.54) is 16.0 Å². The molecule has 1 N–H and O–H groups in total. The van der Waals surface area contributed by atoms with E-state index in [1.54, 1.807) is 13.8 Å². The number of aromatic nitrogens is 2. The van der Waals surface area contributed by atoms with E-state index in [0.717, 1.165) is 15.3 Å². The number of ether oxygens (including phenoxy) is 1. The summed E-state index contributed by atoms with van der Waals surface area (Å²) in [7, 11) is 0. The minimum atomic E-state index is -0.309. The number of rotatable bonds is 3. The van der Waals surface area contributed by atoms with Crippen molar-refractivity contribution in [1.82, 2.24) is 9.66 Å². The average molecular weight is 363 g/mol. The third kappa shape index (κ3) is 3.22. The molecule has 0 saturated heterocycles. The van der Waals surface area contributed by atoms with Gasteiger partial charge in [0.05, 0.1) is 17.6 Å². The van der Waals surface area contributed by atoms with E-state index >= 15 is 0 Å². The molecule has 1 aliphatic rings. The lowest BCUT2D eigenvalue weighted by molar-refractivity contribution is -0.119. The minimum absolute atomic E-state index is 0.0105. The Morgan fingerprint density at radius 1 is 1.32 bits per heavy atom. The molecule has 0 bridgehead atoms. The normalized spacial score (nSPS) is 16.5. The molecule has 1 amide bonds. The Kier molecular flexibility index (Phi) is 4.49. The molecule has 3 heterocycles. The Bertz CT molecular complexity index is 893. The summed E-state index contributed by atoms with van der Waals surface area (Å²) < 4.78 is 7.21. The van der Waals surface area contributed by atoms with Gasteiger partial charge in [-0.15, -0.1) is 11.3 Å². The van der Waals surface area contributed by atoms with Gasteiger partial charge in [0.1, 0.15) is 10.7 Å². The summed E-state index contributed by atoms with van der Waals surface area (Å²) in [6, 6.07) is 0. The van der Waals surface area contributed by atoms with Crippen LogP contribution in [0.5, 0.6) is 0 Å². The number of fused-ring (bicyclic) bond motifs is 3. The van der Waals surface area contributed by atoms with E-state index in [2.05, 4.69) is 5.43 Å². The van der Waals surface area contributed by atoms with Gasteiger partial charge < -0.3 is 4.74 Å². The molecule has 2 aromatic heterocycles. The lowest BCUT2D eigenvalue weighted by Gasteiger charge is -2.30. The van der Waals surface area contributed by atoms with Crippen LogP contribution in [0.2, 0.25) is 0 Å². The number of thiophene rings is 1. The zero-order valence-corrected chi connectivity index (χ0v) is 16.4. The van der Waals surface area contributed by atoms with Crippen molar-refractivity contribution in [2.45, 2.75) is 66.1 Å². The van der Waals surface area contributed by atoms with Gasteiger partial charge in [0.25, 0.3) is 5.56 Å². The molecule has 0 atom stereocenters. The van der Waals surface area contributed by atoms with Crippen molar-refractivity contribution in [3.8, 4) is 0 Å². The van der Waals surface area contributed by atoms with E-state index < -0.39 is 0 Å². The van der Waals surface area contributed by atoms with Crippen LogP contribution in [0.15, 0.2) is 4.79 Å². The van der Waals surface area contributed by atoms with Gasteiger partial charge in [0.2, 0.25) is 5.91 Å². The highest BCUT2D eigenvalue weighted by atomic mass is 32.1. The number of nitrogens with zero attached hydrogens (tertiary/aromatic N) is 2. The van der Waals surface area contributed by atoms with Crippen molar-refractivity contribution < 1.29 is 9.53 Å². The summed E-state index contributed by atoms with van der Waals surface area (Å²) >= 11 is 1.52. The zero-order chi connectivity index (χ0) is 18.5. The molecular weight excluding hydrogens is 338 g/mol. The van der Waals surface area contributed by atoms with Gasteiger partial charge in [-0.1, -0.05) is 27.7 Å². The maximum atomic E-state index is 13.2. The first-order valence-corrected chi connectivity index (χ1v) is 9.44. The maximum Gasteiger partial charge on any atom is 0.281 e. The molecule has 0 aliphatic carbocycles. The summed E-state index contributed by atoms with van der Waals surface area (Å²) in [5.41, 5.74) is 3.25. The third-order valence-electron chi connectivity index (χ3n) is 4.39. The predicted octanol–water partition coefficient (Wildman–Crippen LogP) is 3.16. The number of nitrogens with one attached hydrogen (secondary N) is 1. The van der Waals surface area contributed by atoms with Crippen LogP contribution in [0, 0.1) is 5.92 Å². The predicted molar refractivity (Wildman–Crippen MR) is 99.7 cm³/mol. The summed E-state index contributed by atoms with van der Waals surface area (Å²) in [5, 5.41) is 0.616. The molecule has 0 saturated carbocycles. The molecule has 0 radical (unpaired) electrons. The summed E-state index contributed by atoms with van der Waals surface area (Å²) in [6.07, 6.45) is 0.665. The van der Waals surface area contributed by atoms with Gasteiger partial charge in [-0.3, -0.25) is 15.0 Å². The second-order valence-corrected chi connectivity index (χ2v) is 8.89. The fourth-order valence-electron chi connectivity index (χ4n) is 2.94. The summed E-state index contributed by atoms with van der Waals surface area (Å²) in [6.45, 7) is 12.1. The number of hydrogen-bond donors (Lipinski definition) is 1. The van der Waals surface area contributed by atoms with E-state index in [1.807, 2.05) is 27.7 Å². The molecular formula is C18H25N3O3S. The standard InChI is InChI=1S/C18H25N3O3S/c1-9(2)14-19-16-13(17(23)21(14)20-15(22)10(3)4)11-7-18(5,6)24-8-12(11)25-16/h9-10H,7-8H2,1-6H3,(H,20,22). The number of carbonyl (C=O) groups is 1. The van der Waals surface area contributed by atoms with Gasteiger partial charge in [-0.2, -0.15) is 0 Å². The van der Waals surface area contributed by atoms with E-state index in [-0.39, 0.29) is 28.9 Å². The SMILES string of the molecule is CC(C)C(=O)Nn1c(C(C)C)nc2sc3c(c2c1=O)CC(C)(C)OC3. The Balaban J connectivity index is 2.24. The maximum absolute atomic E-state index is 13.2. The highest BCUT2D eigenvalue weighted by Gasteiger charge is 2.31. The number of amides is 1. The molecule has 1 aliphatic heterocycles. The zero-order valence-electron chi connectivity index (χ0n) is 15.6. The third-order valence-corrected chi connectivity index (χ3v) is 5.49. The van der Waals surface area contributed by atoms with Crippen LogP contribution in [0.1, 0.15) is 63.7 Å². The molecule has 0 aromatic carbocycles. The molecule has 6 nitrogen and oxygen atoms in total. The highest BCUT2D eigenvalue weighted by Crippen LogP contribution is 2.37. The van der Waals surface area contributed by atoms with Crippen LogP contribution < -0.4 is 11.0 Å². The van der Waals surface area contributed by atoms with Gasteiger partial charge in [-0.25, -0.2) is 9.66 Å². The Morgan fingerprint density at radius 3 is 2.60 bits per heavy atom. The van der Waals surface area contributed by atoms with Crippen molar-refractivity contribution in [3.05, 3.63) is 26.6 Å². The molecule has 136 valence electrons. The van der Waals surface area contributed by atoms with Gasteiger partial charge >= 0.3 is 0 Å². The van der Waals surface area contributed by atoms with Gasteiger partial charge in [-0.05, 0) is 19.4 Å². The smallest absolute Gasteiger partial charge is 0.281 e. The van der Waals surface area contributed by atoms with Crippen LogP contribution in [0.4, 0.5) is 0 Å². The molecule has 2 aromatic rings. The van der Waals surface area contributed by atoms with Crippen LogP contribution in [-0.2, 0) is 22.6 Å². The van der Waals surface area contributed by atoms with Gasteiger partial charge in [0.15, 0.2) is 0 Å². The van der Waals surface area contributed by atoms with Crippen molar-refractivity contribution in [2.24, 2.45) is 5.92 Å². The molecule has 3 rings (SSSR count). The quantitative estimate of drug-likeness (QED) is 0.909. The van der Waals surface area contributed by atoms with E-state index in [9.17, 15) is 9.59 Å². The fraction of sp³-hybridized carbons (Fsp3) is 0.611. The Hall–Kier alpha value is -1.73. The molecule has 25 heavy (non-hydrogen) atoms. The van der Waals surface area contributed by atoms with Crippen molar-refractivity contribution in [2.75, 3.05) is 5.43 Å². The minimum Gasteiger partial charge on any atom is -0.370 e. The lowest BCUT2D eigenvalue weighted by atomic mass is 9.94. The summed E-state index contributed by atoms with van der Waals surface area (Å²) in [4.78, 5) is 31.9. The van der Waals surface area contributed by atoms with Crippen molar-refractivity contribution >= 4 is 27.5 Å². The first kappa shape index (κ1) is 18.1. The fourth-order valence-corrected chi connectivity index (χ4v) is 4.04. The van der Waals surface area contributed by atoms with Crippen LogP contribution in [-0.4, -0.2) is 21.2 Å². The Labute approximate surface area is 151 Å².